The zero-order valence-electron chi connectivity index (χ0n) is 10.1. The van der Waals surface area contributed by atoms with Crippen molar-refractivity contribution in [1.29, 1.82) is 0 Å². The Hall–Kier alpha value is -1.18. The third-order valence-electron chi connectivity index (χ3n) is 2.65. The first-order chi connectivity index (χ1) is 8.72. The molecule has 1 atom stereocenters. The topological polar surface area (TPSA) is 9.23 Å². The van der Waals surface area contributed by atoms with Gasteiger partial charge in [-0.05, 0) is 30.7 Å². The molecule has 0 heterocycles. The molecule has 0 aliphatic carbocycles. The van der Waals surface area contributed by atoms with Crippen molar-refractivity contribution in [2.24, 2.45) is 0 Å². The lowest BCUT2D eigenvalue weighted by molar-refractivity contribution is 0.337. The molecule has 1 unspecified atom stereocenters. The highest BCUT2D eigenvalue weighted by Crippen LogP contribution is 2.35. The number of hydrogen-bond donors (Lipinski definition) is 0. The van der Waals surface area contributed by atoms with Crippen LogP contribution in [0.4, 0.5) is 0 Å². The molecule has 0 spiro atoms. The molecule has 0 fully saturated rings. The average molecular weight is 281 g/mol. The summed E-state index contributed by atoms with van der Waals surface area (Å²) in [5, 5.41) is 0.478. The second kappa shape index (κ2) is 6.12. The quantitative estimate of drug-likeness (QED) is 0.711. The Balaban J connectivity index is 2.33. The van der Waals surface area contributed by atoms with Gasteiger partial charge in [-0.1, -0.05) is 41.9 Å². The zero-order chi connectivity index (χ0) is 13.0. The van der Waals surface area contributed by atoms with E-state index in [0.717, 1.165) is 16.9 Å². The van der Waals surface area contributed by atoms with Gasteiger partial charge in [-0.15, -0.1) is 11.6 Å². The number of para-hydroxylation sites is 1. The maximum absolute atomic E-state index is 6.50. The molecule has 1 nitrogen and oxygen atoms in total. The summed E-state index contributed by atoms with van der Waals surface area (Å²) in [6.45, 7) is 2.59. The molecule has 2 rings (SSSR count). The fraction of sp³-hybridized carbons (Fsp3) is 0.200. The Bertz CT molecular complexity index is 508. The summed E-state index contributed by atoms with van der Waals surface area (Å²) < 4.78 is 5.59. The van der Waals surface area contributed by atoms with Gasteiger partial charge in [-0.3, -0.25) is 0 Å². The molecule has 0 aliphatic heterocycles. The summed E-state index contributed by atoms with van der Waals surface area (Å²) in [4.78, 5) is 0. The van der Waals surface area contributed by atoms with Gasteiger partial charge in [0.25, 0.3) is 0 Å². The van der Waals surface area contributed by atoms with E-state index in [0.29, 0.717) is 11.6 Å². The standard InChI is InChI=1S/C15H14Cl2O/c1-2-18-14-6-4-3-5-13(14)15(17)11-7-9-12(16)10-8-11/h3-10,15H,2H2,1H3. The van der Waals surface area contributed by atoms with Crippen LogP contribution >= 0.6 is 23.2 Å². The van der Waals surface area contributed by atoms with Crippen molar-refractivity contribution >= 4 is 23.2 Å². The first-order valence-corrected chi connectivity index (χ1v) is 6.65. The van der Waals surface area contributed by atoms with E-state index in [4.69, 9.17) is 27.9 Å². The lowest BCUT2D eigenvalue weighted by Gasteiger charge is -2.15. The van der Waals surface area contributed by atoms with Crippen molar-refractivity contribution in [3.8, 4) is 5.75 Å². The highest BCUT2D eigenvalue weighted by atomic mass is 35.5. The largest absolute Gasteiger partial charge is 0.494 e. The fourth-order valence-electron chi connectivity index (χ4n) is 1.79. The van der Waals surface area contributed by atoms with Gasteiger partial charge in [0.1, 0.15) is 5.75 Å². The van der Waals surface area contributed by atoms with E-state index in [-0.39, 0.29) is 5.38 Å². The molecule has 3 heteroatoms. The highest BCUT2D eigenvalue weighted by Gasteiger charge is 2.15. The minimum absolute atomic E-state index is 0.231. The molecule has 0 bridgehead atoms. The SMILES string of the molecule is CCOc1ccccc1C(Cl)c1ccc(Cl)cc1. The van der Waals surface area contributed by atoms with Crippen molar-refractivity contribution in [3.05, 3.63) is 64.7 Å². The monoisotopic (exact) mass is 280 g/mol. The van der Waals surface area contributed by atoms with Crippen LogP contribution in [-0.2, 0) is 0 Å². The predicted molar refractivity (Wildman–Crippen MR) is 76.8 cm³/mol. The third kappa shape index (κ3) is 2.98. The Morgan fingerprint density at radius 3 is 2.39 bits per heavy atom. The highest BCUT2D eigenvalue weighted by molar-refractivity contribution is 6.30. The van der Waals surface area contributed by atoms with E-state index < -0.39 is 0 Å². The maximum atomic E-state index is 6.50. The van der Waals surface area contributed by atoms with Crippen molar-refractivity contribution in [1.82, 2.24) is 0 Å². The molecular weight excluding hydrogens is 267 g/mol. The second-order valence-electron chi connectivity index (χ2n) is 3.88. The van der Waals surface area contributed by atoms with E-state index in [1.54, 1.807) is 0 Å². The van der Waals surface area contributed by atoms with Crippen LogP contribution in [-0.4, -0.2) is 6.61 Å². The van der Waals surface area contributed by atoms with Crippen LogP contribution in [0.2, 0.25) is 5.02 Å². The van der Waals surface area contributed by atoms with Gasteiger partial charge in [0.05, 0.1) is 12.0 Å². The Morgan fingerprint density at radius 1 is 1.06 bits per heavy atom. The lowest BCUT2D eigenvalue weighted by atomic mass is 10.0. The average Bonchev–Trinajstić information content (AvgIpc) is 2.40. The molecule has 0 amide bonds. The minimum atomic E-state index is -0.231. The summed E-state index contributed by atoms with van der Waals surface area (Å²) in [6, 6.07) is 15.4. The summed E-state index contributed by atoms with van der Waals surface area (Å²) in [6.07, 6.45) is 0. The molecule has 0 aliphatic rings. The first kappa shape index (κ1) is 13.3. The number of alkyl halides is 1. The van der Waals surface area contributed by atoms with Crippen LogP contribution in [0.3, 0.4) is 0 Å². The van der Waals surface area contributed by atoms with E-state index in [9.17, 15) is 0 Å². The number of halogens is 2. The Labute approximate surface area is 117 Å². The molecule has 0 radical (unpaired) electrons. The maximum Gasteiger partial charge on any atom is 0.124 e. The van der Waals surface area contributed by atoms with Crippen LogP contribution in [0.25, 0.3) is 0 Å². The van der Waals surface area contributed by atoms with E-state index in [1.807, 2.05) is 55.5 Å². The van der Waals surface area contributed by atoms with Crippen molar-refractivity contribution < 1.29 is 4.74 Å². The van der Waals surface area contributed by atoms with Crippen LogP contribution in [0.5, 0.6) is 5.75 Å². The Kier molecular flexibility index (Phi) is 4.51. The van der Waals surface area contributed by atoms with Gasteiger partial charge in [0, 0.05) is 10.6 Å². The summed E-state index contributed by atoms with van der Waals surface area (Å²) in [5.41, 5.74) is 1.98. The number of hydrogen-bond acceptors (Lipinski definition) is 1. The predicted octanol–water partition coefficient (Wildman–Crippen LogP) is 5.07. The molecule has 94 valence electrons. The van der Waals surface area contributed by atoms with Gasteiger partial charge >= 0.3 is 0 Å². The number of rotatable bonds is 4. The van der Waals surface area contributed by atoms with Gasteiger partial charge in [0.2, 0.25) is 0 Å². The van der Waals surface area contributed by atoms with Gasteiger partial charge < -0.3 is 4.74 Å². The zero-order valence-corrected chi connectivity index (χ0v) is 11.6. The van der Waals surface area contributed by atoms with E-state index >= 15 is 0 Å². The normalized spacial score (nSPS) is 12.2. The van der Waals surface area contributed by atoms with Crippen LogP contribution < -0.4 is 4.74 Å². The molecule has 0 N–H and O–H groups in total. The molecule has 0 aromatic heterocycles. The Morgan fingerprint density at radius 2 is 1.72 bits per heavy atom. The second-order valence-corrected chi connectivity index (χ2v) is 4.76. The van der Waals surface area contributed by atoms with Crippen LogP contribution in [0, 0.1) is 0 Å². The lowest BCUT2D eigenvalue weighted by Crippen LogP contribution is -1.99. The fourth-order valence-corrected chi connectivity index (χ4v) is 2.24. The smallest absolute Gasteiger partial charge is 0.124 e. The van der Waals surface area contributed by atoms with Gasteiger partial charge in [-0.2, -0.15) is 0 Å². The molecular formula is C15H14Cl2O. The molecule has 18 heavy (non-hydrogen) atoms. The van der Waals surface area contributed by atoms with Crippen molar-refractivity contribution in [2.75, 3.05) is 6.61 Å². The summed E-state index contributed by atoms with van der Waals surface area (Å²) in [5.74, 6) is 0.829. The van der Waals surface area contributed by atoms with Crippen molar-refractivity contribution in [3.63, 3.8) is 0 Å². The van der Waals surface area contributed by atoms with Crippen LogP contribution in [0.1, 0.15) is 23.4 Å². The van der Waals surface area contributed by atoms with Crippen LogP contribution in [0.15, 0.2) is 48.5 Å². The third-order valence-corrected chi connectivity index (χ3v) is 3.39. The van der Waals surface area contributed by atoms with Gasteiger partial charge in [-0.25, -0.2) is 0 Å². The molecule has 0 saturated heterocycles. The minimum Gasteiger partial charge on any atom is -0.494 e. The van der Waals surface area contributed by atoms with Crippen molar-refractivity contribution in [2.45, 2.75) is 12.3 Å². The van der Waals surface area contributed by atoms with E-state index in [1.165, 1.54) is 0 Å². The molecule has 2 aromatic rings. The van der Waals surface area contributed by atoms with E-state index in [2.05, 4.69) is 0 Å². The number of ether oxygens (including phenoxy) is 1. The summed E-state index contributed by atoms with van der Waals surface area (Å²) >= 11 is 12.4. The molecule has 2 aromatic carbocycles. The molecule has 0 saturated carbocycles. The first-order valence-electron chi connectivity index (χ1n) is 5.83. The van der Waals surface area contributed by atoms with Gasteiger partial charge in [0.15, 0.2) is 0 Å². The number of benzene rings is 2. The summed E-state index contributed by atoms with van der Waals surface area (Å²) in [7, 11) is 0.